The van der Waals surface area contributed by atoms with Crippen LogP contribution in [0.3, 0.4) is 0 Å². The van der Waals surface area contributed by atoms with E-state index in [1.807, 2.05) is 6.55 Å². The minimum absolute atomic E-state index is 0.166. The summed E-state index contributed by atoms with van der Waals surface area (Å²) in [7, 11) is 0.688. The molecule has 0 aromatic rings. The fourth-order valence-corrected chi connectivity index (χ4v) is 4.02. The largest absolute Gasteiger partial charge is 0.481 e. The summed E-state index contributed by atoms with van der Waals surface area (Å²) in [4.78, 5) is 35.0. The zero-order chi connectivity index (χ0) is 19.7. The Morgan fingerprint density at radius 2 is 1.52 bits per heavy atom. The van der Waals surface area contributed by atoms with Crippen molar-refractivity contribution in [3.05, 3.63) is 0 Å². The molecule has 0 aliphatic rings. The SMILES string of the molecule is CO[Si](C)(CCCN(CC(=O)O)C(CN)(CC(=O)O)CC(=O)O)OC. The van der Waals surface area contributed by atoms with E-state index in [2.05, 4.69) is 0 Å². The molecule has 0 aromatic carbocycles. The van der Waals surface area contributed by atoms with Crippen LogP contribution in [-0.2, 0) is 23.2 Å². The van der Waals surface area contributed by atoms with Gasteiger partial charge in [0.15, 0.2) is 0 Å². The number of nitrogens with zero attached hydrogens (tertiary/aromatic N) is 1. The maximum Gasteiger partial charge on any atom is 0.334 e. The molecule has 0 atom stereocenters. The van der Waals surface area contributed by atoms with E-state index in [4.69, 9.17) is 29.9 Å². The van der Waals surface area contributed by atoms with E-state index in [1.54, 1.807) is 0 Å². The van der Waals surface area contributed by atoms with Gasteiger partial charge in [-0.05, 0) is 25.6 Å². The van der Waals surface area contributed by atoms with Crippen LogP contribution < -0.4 is 5.73 Å². The van der Waals surface area contributed by atoms with Crippen molar-refractivity contribution < 1.29 is 38.6 Å². The molecular weight excluding hydrogens is 352 g/mol. The van der Waals surface area contributed by atoms with Gasteiger partial charge < -0.3 is 29.9 Å². The van der Waals surface area contributed by atoms with Gasteiger partial charge in [-0.2, -0.15) is 0 Å². The lowest BCUT2D eigenvalue weighted by Crippen LogP contribution is -2.58. The molecule has 0 radical (unpaired) electrons. The third kappa shape index (κ3) is 7.92. The average Bonchev–Trinajstić information content (AvgIpc) is 2.51. The van der Waals surface area contributed by atoms with E-state index in [1.165, 1.54) is 19.1 Å². The molecule has 0 heterocycles. The first-order valence-corrected chi connectivity index (χ1v) is 10.3. The highest BCUT2D eigenvalue weighted by Gasteiger charge is 2.41. The van der Waals surface area contributed by atoms with Crippen LogP contribution in [0.15, 0.2) is 0 Å². The molecule has 10 nitrogen and oxygen atoms in total. The monoisotopic (exact) mass is 380 g/mol. The van der Waals surface area contributed by atoms with Gasteiger partial charge in [0.25, 0.3) is 0 Å². The van der Waals surface area contributed by atoms with Gasteiger partial charge in [0.1, 0.15) is 0 Å². The number of nitrogens with two attached hydrogens (primary N) is 1. The zero-order valence-electron chi connectivity index (χ0n) is 14.9. The van der Waals surface area contributed by atoms with Gasteiger partial charge in [0, 0.05) is 20.8 Å². The molecule has 5 N–H and O–H groups in total. The number of carbonyl (C=O) groups is 3. The Labute approximate surface area is 147 Å². The first-order chi connectivity index (χ1) is 11.5. The highest BCUT2D eigenvalue weighted by atomic mass is 28.4. The minimum atomic E-state index is -2.38. The third-order valence-corrected chi connectivity index (χ3v) is 7.25. The smallest absolute Gasteiger partial charge is 0.334 e. The number of carboxylic acid groups (broad SMARTS) is 3. The molecule has 0 aromatic heterocycles. The van der Waals surface area contributed by atoms with Gasteiger partial charge >= 0.3 is 26.5 Å². The number of hydrogen-bond acceptors (Lipinski definition) is 7. The molecule has 0 saturated carbocycles. The topological polar surface area (TPSA) is 160 Å². The Morgan fingerprint density at radius 1 is 1.04 bits per heavy atom. The maximum absolute atomic E-state index is 11.2. The van der Waals surface area contributed by atoms with Crippen LogP contribution in [0, 0.1) is 0 Å². The van der Waals surface area contributed by atoms with E-state index in [9.17, 15) is 14.4 Å². The molecule has 0 bridgehead atoms. The first-order valence-electron chi connectivity index (χ1n) is 7.75. The van der Waals surface area contributed by atoms with E-state index in [0.717, 1.165) is 0 Å². The predicted molar refractivity (Wildman–Crippen MR) is 90.6 cm³/mol. The standard InChI is InChI=1S/C14H28N2O8Si/c1-23-25(3,24-2)6-4-5-16(9-13(21)22)14(10-15,7-11(17)18)8-12(19)20/h4-10,15H2,1-3H3,(H,17,18)(H,19,20)(H,21,22). The quantitative estimate of drug-likeness (QED) is 0.296. The molecule has 11 heteroatoms. The summed E-state index contributed by atoms with van der Waals surface area (Å²) in [5.74, 6) is -3.67. The Balaban J connectivity index is 5.41. The van der Waals surface area contributed by atoms with Crippen molar-refractivity contribution in [3.8, 4) is 0 Å². The molecular formula is C14H28N2O8Si. The van der Waals surface area contributed by atoms with Crippen LogP contribution in [0.25, 0.3) is 0 Å². The van der Waals surface area contributed by atoms with Crippen LogP contribution in [0.4, 0.5) is 0 Å². The van der Waals surface area contributed by atoms with E-state index in [0.29, 0.717) is 12.5 Å². The van der Waals surface area contributed by atoms with Crippen molar-refractivity contribution >= 4 is 26.5 Å². The fourth-order valence-electron chi connectivity index (χ4n) is 2.65. The minimum Gasteiger partial charge on any atom is -0.481 e. The molecule has 0 amide bonds. The van der Waals surface area contributed by atoms with Crippen molar-refractivity contribution in [3.63, 3.8) is 0 Å². The number of aliphatic carboxylic acids is 3. The zero-order valence-corrected chi connectivity index (χ0v) is 15.9. The molecule has 0 aliphatic heterocycles. The fraction of sp³-hybridized carbons (Fsp3) is 0.786. The third-order valence-electron chi connectivity index (χ3n) is 4.26. The van der Waals surface area contributed by atoms with Crippen molar-refractivity contribution in [1.82, 2.24) is 4.90 Å². The van der Waals surface area contributed by atoms with Gasteiger partial charge in [-0.3, -0.25) is 19.3 Å². The van der Waals surface area contributed by atoms with Crippen LogP contribution in [0.2, 0.25) is 12.6 Å². The molecule has 0 spiro atoms. The molecule has 25 heavy (non-hydrogen) atoms. The predicted octanol–water partition coefficient (Wildman–Crippen LogP) is -0.225. The second kappa shape index (κ2) is 10.5. The van der Waals surface area contributed by atoms with Crippen LogP contribution in [0.1, 0.15) is 19.3 Å². The second-order valence-electron chi connectivity index (χ2n) is 6.03. The van der Waals surface area contributed by atoms with E-state index < -0.39 is 51.4 Å². The van der Waals surface area contributed by atoms with Crippen molar-refractivity contribution in [2.24, 2.45) is 5.73 Å². The van der Waals surface area contributed by atoms with Gasteiger partial charge in [-0.25, -0.2) is 0 Å². The summed E-state index contributed by atoms with van der Waals surface area (Å²) in [6, 6.07) is 0.539. The van der Waals surface area contributed by atoms with Crippen molar-refractivity contribution in [1.29, 1.82) is 0 Å². The van der Waals surface area contributed by atoms with Gasteiger partial charge in [0.2, 0.25) is 0 Å². The highest BCUT2D eigenvalue weighted by Crippen LogP contribution is 2.25. The molecule has 0 unspecified atom stereocenters. The summed E-state index contributed by atoms with van der Waals surface area (Å²) in [5, 5.41) is 27.4. The van der Waals surface area contributed by atoms with Gasteiger partial charge in [0.05, 0.1) is 24.9 Å². The molecule has 0 rings (SSSR count). The molecule has 0 saturated heterocycles. The lowest BCUT2D eigenvalue weighted by atomic mass is 9.88. The molecule has 0 aliphatic carbocycles. The Hall–Kier alpha value is -1.53. The van der Waals surface area contributed by atoms with Crippen LogP contribution in [0.5, 0.6) is 0 Å². The molecule has 146 valence electrons. The Kier molecular flexibility index (Phi) is 9.81. The van der Waals surface area contributed by atoms with Gasteiger partial charge in [-0.15, -0.1) is 0 Å². The first kappa shape index (κ1) is 23.5. The lowest BCUT2D eigenvalue weighted by Gasteiger charge is -2.41. The molecule has 0 fully saturated rings. The Bertz CT molecular complexity index is 454. The number of carboxylic acids is 3. The number of hydrogen-bond donors (Lipinski definition) is 4. The highest BCUT2D eigenvalue weighted by molar-refractivity contribution is 6.65. The summed E-state index contributed by atoms with van der Waals surface area (Å²) in [6.45, 7) is 1.22. The summed E-state index contributed by atoms with van der Waals surface area (Å²) >= 11 is 0. The van der Waals surface area contributed by atoms with Crippen molar-refractivity contribution in [2.75, 3.05) is 33.9 Å². The van der Waals surface area contributed by atoms with E-state index in [-0.39, 0.29) is 13.1 Å². The summed E-state index contributed by atoms with van der Waals surface area (Å²) < 4.78 is 10.7. The van der Waals surface area contributed by atoms with Crippen LogP contribution in [-0.4, -0.2) is 86.1 Å². The second-order valence-corrected chi connectivity index (χ2v) is 9.61. The number of rotatable bonds is 14. The maximum atomic E-state index is 11.2. The lowest BCUT2D eigenvalue weighted by molar-refractivity contribution is -0.150. The van der Waals surface area contributed by atoms with Gasteiger partial charge in [-0.1, -0.05) is 0 Å². The normalized spacial score (nSPS) is 12.4. The Morgan fingerprint density at radius 3 is 1.84 bits per heavy atom. The van der Waals surface area contributed by atoms with Crippen LogP contribution >= 0.6 is 0 Å². The summed E-state index contributed by atoms with van der Waals surface area (Å²) in [5.41, 5.74) is 4.21. The van der Waals surface area contributed by atoms with E-state index >= 15 is 0 Å². The summed E-state index contributed by atoms with van der Waals surface area (Å²) in [6.07, 6.45) is -0.669. The van der Waals surface area contributed by atoms with Crippen molar-refractivity contribution in [2.45, 2.75) is 37.4 Å². The average molecular weight is 380 g/mol.